The van der Waals surface area contributed by atoms with E-state index in [0.29, 0.717) is 13.0 Å². The smallest absolute Gasteiger partial charge is 0.410 e. The Morgan fingerprint density at radius 1 is 1.15 bits per heavy atom. The fourth-order valence-corrected chi connectivity index (χ4v) is 4.02. The highest BCUT2D eigenvalue weighted by Crippen LogP contribution is 2.37. The van der Waals surface area contributed by atoms with Crippen LogP contribution in [0.4, 0.5) is 4.79 Å². The predicted molar refractivity (Wildman–Crippen MR) is 97.5 cm³/mol. The van der Waals surface area contributed by atoms with Crippen molar-refractivity contribution in [1.82, 2.24) is 9.80 Å². The van der Waals surface area contributed by atoms with Gasteiger partial charge in [-0.1, -0.05) is 30.3 Å². The third-order valence-corrected chi connectivity index (χ3v) is 5.01. The molecule has 6 heteroatoms. The van der Waals surface area contributed by atoms with E-state index in [9.17, 15) is 9.59 Å². The van der Waals surface area contributed by atoms with Gasteiger partial charge < -0.3 is 9.47 Å². The van der Waals surface area contributed by atoms with E-state index in [0.717, 1.165) is 13.1 Å². The van der Waals surface area contributed by atoms with Crippen LogP contribution in [0.15, 0.2) is 30.3 Å². The number of methoxy groups -OCH3 is 1. The van der Waals surface area contributed by atoms with Crippen LogP contribution in [0.3, 0.4) is 0 Å². The molecule has 0 saturated carbocycles. The molecule has 2 aliphatic rings. The van der Waals surface area contributed by atoms with Gasteiger partial charge in [0.1, 0.15) is 5.60 Å². The van der Waals surface area contributed by atoms with Crippen molar-refractivity contribution in [1.29, 1.82) is 0 Å². The molecule has 3 atom stereocenters. The summed E-state index contributed by atoms with van der Waals surface area (Å²) in [6, 6.07) is 10.0. The van der Waals surface area contributed by atoms with Crippen LogP contribution < -0.4 is 0 Å². The minimum Gasteiger partial charge on any atom is -0.469 e. The number of carbonyl (C=O) groups excluding carboxylic acids is 2. The van der Waals surface area contributed by atoms with Crippen molar-refractivity contribution in [2.75, 3.05) is 20.2 Å². The molecular weight excluding hydrogens is 332 g/mol. The molecule has 3 rings (SSSR count). The average Bonchev–Trinajstić information content (AvgIpc) is 2.81. The van der Waals surface area contributed by atoms with Crippen LogP contribution in [-0.4, -0.2) is 59.7 Å². The van der Waals surface area contributed by atoms with E-state index < -0.39 is 5.60 Å². The van der Waals surface area contributed by atoms with Gasteiger partial charge in [-0.15, -0.1) is 0 Å². The Hall–Kier alpha value is -2.08. The Kier molecular flexibility index (Phi) is 5.23. The standard InChI is InChI=1S/C20H28N2O4/c1-20(2,3)26-19(24)22-15-10-16(18(23)25-4)17(22)13-21(12-15)11-14-8-6-5-7-9-14/h5-9,15-17H,10-13H2,1-4H3/t15-,16+,17-/m0/s1. The average molecular weight is 360 g/mol. The van der Waals surface area contributed by atoms with Gasteiger partial charge in [0, 0.05) is 25.7 Å². The van der Waals surface area contributed by atoms with Gasteiger partial charge >= 0.3 is 12.1 Å². The first-order valence-electron chi connectivity index (χ1n) is 9.14. The van der Waals surface area contributed by atoms with E-state index in [-0.39, 0.29) is 30.1 Å². The molecule has 2 saturated heterocycles. The highest BCUT2D eigenvalue weighted by Gasteiger charge is 2.52. The molecule has 0 unspecified atom stereocenters. The quantitative estimate of drug-likeness (QED) is 0.776. The molecule has 0 radical (unpaired) electrons. The van der Waals surface area contributed by atoms with E-state index in [1.165, 1.54) is 12.7 Å². The van der Waals surface area contributed by atoms with Gasteiger partial charge in [0.25, 0.3) is 0 Å². The zero-order valence-electron chi connectivity index (χ0n) is 16.0. The molecule has 2 fully saturated rings. The number of carbonyl (C=O) groups is 2. The number of amides is 1. The van der Waals surface area contributed by atoms with Gasteiger partial charge in [0.15, 0.2) is 0 Å². The Bertz CT molecular complexity index is 656. The number of hydrogen-bond acceptors (Lipinski definition) is 5. The molecule has 26 heavy (non-hydrogen) atoms. The molecule has 2 aliphatic heterocycles. The highest BCUT2D eigenvalue weighted by atomic mass is 16.6. The Balaban J connectivity index is 1.77. The molecular formula is C20H28N2O4. The van der Waals surface area contributed by atoms with Crippen LogP contribution in [0.25, 0.3) is 0 Å². The Morgan fingerprint density at radius 2 is 1.85 bits per heavy atom. The normalized spacial score (nSPS) is 25.8. The number of rotatable bonds is 3. The van der Waals surface area contributed by atoms with E-state index in [1.807, 2.05) is 39.0 Å². The molecule has 142 valence electrons. The maximum atomic E-state index is 12.7. The molecule has 1 amide bonds. The minimum atomic E-state index is -0.557. The van der Waals surface area contributed by atoms with Crippen molar-refractivity contribution in [2.24, 2.45) is 5.92 Å². The summed E-state index contributed by atoms with van der Waals surface area (Å²) in [5.74, 6) is -0.536. The number of esters is 1. The van der Waals surface area contributed by atoms with Gasteiger partial charge in [-0.05, 0) is 32.8 Å². The predicted octanol–water partition coefficient (Wildman–Crippen LogP) is 2.67. The lowest BCUT2D eigenvalue weighted by Crippen LogP contribution is -2.57. The molecule has 2 bridgehead atoms. The van der Waals surface area contributed by atoms with Crippen LogP contribution in [0.2, 0.25) is 0 Å². The van der Waals surface area contributed by atoms with Crippen LogP contribution >= 0.6 is 0 Å². The zero-order chi connectivity index (χ0) is 18.9. The summed E-state index contributed by atoms with van der Waals surface area (Å²) in [4.78, 5) is 29.1. The van der Waals surface area contributed by atoms with E-state index in [2.05, 4.69) is 17.0 Å². The number of hydrogen-bond donors (Lipinski definition) is 0. The molecule has 1 aromatic rings. The van der Waals surface area contributed by atoms with Crippen molar-refractivity contribution in [3.63, 3.8) is 0 Å². The van der Waals surface area contributed by atoms with Crippen molar-refractivity contribution >= 4 is 12.1 Å². The second kappa shape index (κ2) is 7.27. The van der Waals surface area contributed by atoms with Crippen molar-refractivity contribution < 1.29 is 19.1 Å². The molecule has 1 aromatic carbocycles. The maximum Gasteiger partial charge on any atom is 0.410 e. The number of likely N-dealkylation sites (tertiary alicyclic amines) is 1. The first-order chi connectivity index (χ1) is 12.3. The summed E-state index contributed by atoms with van der Waals surface area (Å²) < 4.78 is 10.6. The van der Waals surface area contributed by atoms with Crippen LogP contribution in [0.5, 0.6) is 0 Å². The van der Waals surface area contributed by atoms with Gasteiger partial charge in [0.05, 0.1) is 19.1 Å². The van der Waals surface area contributed by atoms with Crippen LogP contribution in [0, 0.1) is 5.92 Å². The van der Waals surface area contributed by atoms with Crippen molar-refractivity contribution in [2.45, 2.75) is 51.4 Å². The van der Waals surface area contributed by atoms with Gasteiger partial charge in [-0.3, -0.25) is 14.6 Å². The largest absolute Gasteiger partial charge is 0.469 e. The van der Waals surface area contributed by atoms with Crippen LogP contribution in [-0.2, 0) is 20.8 Å². The second-order valence-electron chi connectivity index (χ2n) is 8.15. The van der Waals surface area contributed by atoms with Gasteiger partial charge in [-0.2, -0.15) is 0 Å². The SMILES string of the molecule is COC(=O)[C@@H]1C[C@H]2CN(Cc3ccccc3)C[C@@H]1N2C(=O)OC(C)(C)C. The summed E-state index contributed by atoms with van der Waals surface area (Å²) in [5.41, 5.74) is 0.672. The van der Waals surface area contributed by atoms with Crippen molar-refractivity contribution in [3.05, 3.63) is 35.9 Å². The fraction of sp³-hybridized carbons (Fsp3) is 0.600. The summed E-state index contributed by atoms with van der Waals surface area (Å²) in [5, 5.41) is 0. The number of fused-ring (bicyclic) bond motifs is 2. The lowest BCUT2D eigenvalue weighted by atomic mass is 10.0. The minimum absolute atomic E-state index is 0.0311. The fourth-order valence-electron chi connectivity index (χ4n) is 4.02. The number of nitrogens with zero attached hydrogens (tertiary/aromatic N) is 2. The van der Waals surface area contributed by atoms with E-state index in [1.54, 1.807) is 4.90 Å². The third kappa shape index (κ3) is 4.01. The number of benzene rings is 1. The van der Waals surface area contributed by atoms with Gasteiger partial charge in [0.2, 0.25) is 0 Å². The molecule has 0 aromatic heterocycles. The number of ether oxygens (including phenoxy) is 2. The summed E-state index contributed by atoms with van der Waals surface area (Å²) in [7, 11) is 1.41. The topological polar surface area (TPSA) is 59.1 Å². The van der Waals surface area contributed by atoms with E-state index in [4.69, 9.17) is 9.47 Å². The highest BCUT2D eigenvalue weighted by molar-refractivity contribution is 5.77. The summed E-state index contributed by atoms with van der Waals surface area (Å²) in [6.07, 6.45) is 0.292. The lowest BCUT2D eigenvalue weighted by molar-refractivity contribution is -0.146. The summed E-state index contributed by atoms with van der Waals surface area (Å²) in [6.45, 7) is 7.76. The lowest BCUT2D eigenvalue weighted by Gasteiger charge is -2.41. The molecule has 6 nitrogen and oxygen atoms in total. The maximum absolute atomic E-state index is 12.7. The first-order valence-corrected chi connectivity index (χ1v) is 9.14. The monoisotopic (exact) mass is 360 g/mol. The Labute approximate surface area is 155 Å². The second-order valence-corrected chi connectivity index (χ2v) is 8.15. The van der Waals surface area contributed by atoms with E-state index >= 15 is 0 Å². The third-order valence-electron chi connectivity index (χ3n) is 5.01. The van der Waals surface area contributed by atoms with Crippen LogP contribution in [0.1, 0.15) is 32.8 Å². The summed E-state index contributed by atoms with van der Waals surface area (Å²) >= 11 is 0. The molecule has 2 heterocycles. The number of piperazine rings is 1. The molecule has 0 spiro atoms. The van der Waals surface area contributed by atoms with Gasteiger partial charge in [-0.25, -0.2) is 4.79 Å². The van der Waals surface area contributed by atoms with Crippen molar-refractivity contribution in [3.8, 4) is 0 Å². The molecule has 0 aliphatic carbocycles. The first kappa shape index (κ1) is 18.7. The molecule has 0 N–H and O–H groups in total. The zero-order valence-corrected chi connectivity index (χ0v) is 16.0. The Morgan fingerprint density at radius 3 is 2.46 bits per heavy atom.